The molecule has 2 aromatic carbocycles. The first-order chi connectivity index (χ1) is 14.2. The first kappa shape index (κ1) is 21.8. The zero-order valence-electron chi connectivity index (χ0n) is 15.4. The molecule has 0 aliphatic heterocycles. The van der Waals surface area contributed by atoms with Crippen LogP contribution in [-0.4, -0.2) is 33.5 Å². The van der Waals surface area contributed by atoms with Gasteiger partial charge in [0.25, 0.3) is 0 Å². The third kappa shape index (κ3) is 6.07. The van der Waals surface area contributed by atoms with E-state index in [0.717, 1.165) is 5.56 Å². The van der Waals surface area contributed by atoms with E-state index in [4.69, 9.17) is 23.8 Å². The Kier molecular flexibility index (Phi) is 6.78. The summed E-state index contributed by atoms with van der Waals surface area (Å²) in [5.41, 5.74) is 1.45. The van der Waals surface area contributed by atoms with Crippen molar-refractivity contribution in [1.82, 2.24) is 20.1 Å². The van der Waals surface area contributed by atoms with Gasteiger partial charge in [-0.1, -0.05) is 23.7 Å². The second-order valence-corrected chi connectivity index (χ2v) is 7.09. The predicted molar refractivity (Wildman–Crippen MR) is 108 cm³/mol. The first-order valence-corrected chi connectivity index (χ1v) is 9.46. The SMILES string of the molecule is O=C(Cn1c(-c2ccc(Cl)cc2)n[nH]c1=S)NCc1ccc(OCC(F)(F)F)cc1. The molecular formula is C19H16ClF3N4O2S. The van der Waals surface area contributed by atoms with Crippen molar-refractivity contribution in [1.29, 1.82) is 0 Å². The van der Waals surface area contributed by atoms with Gasteiger partial charge in [0.1, 0.15) is 12.3 Å². The molecule has 3 aromatic rings. The summed E-state index contributed by atoms with van der Waals surface area (Å²) in [6.45, 7) is -1.22. The number of nitrogens with zero attached hydrogens (tertiary/aromatic N) is 2. The van der Waals surface area contributed by atoms with Crippen molar-refractivity contribution in [3.63, 3.8) is 0 Å². The predicted octanol–water partition coefficient (Wildman–Crippen LogP) is 4.52. The molecule has 30 heavy (non-hydrogen) atoms. The number of halogens is 4. The van der Waals surface area contributed by atoms with Crippen molar-refractivity contribution in [3.05, 3.63) is 63.9 Å². The molecular weight excluding hydrogens is 441 g/mol. The summed E-state index contributed by atoms with van der Waals surface area (Å²) >= 11 is 11.1. The molecule has 1 aromatic heterocycles. The summed E-state index contributed by atoms with van der Waals surface area (Å²) in [4.78, 5) is 12.4. The van der Waals surface area contributed by atoms with Gasteiger partial charge in [-0.25, -0.2) is 0 Å². The molecule has 0 bridgehead atoms. The Balaban J connectivity index is 1.58. The zero-order chi connectivity index (χ0) is 21.7. The van der Waals surface area contributed by atoms with Crippen molar-refractivity contribution < 1.29 is 22.7 Å². The molecule has 0 unspecified atom stereocenters. The van der Waals surface area contributed by atoms with Gasteiger partial charge in [-0.05, 0) is 54.2 Å². The highest BCUT2D eigenvalue weighted by Gasteiger charge is 2.28. The van der Waals surface area contributed by atoms with Crippen LogP contribution in [0.5, 0.6) is 5.75 Å². The lowest BCUT2D eigenvalue weighted by atomic mass is 10.2. The molecule has 0 saturated heterocycles. The average Bonchev–Trinajstić information content (AvgIpc) is 3.06. The molecule has 1 amide bonds. The number of rotatable bonds is 7. The zero-order valence-corrected chi connectivity index (χ0v) is 16.9. The maximum Gasteiger partial charge on any atom is 0.422 e. The van der Waals surface area contributed by atoms with E-state index in [-0.39, 0.29) is 24.7 Å². The van der Waals surface area contributed by atoms with Crippen LogP contribution in [-0.2, 0) is 17.9 Å². The minimum absolute atomic E-state index is 0.0555. The third-order valence-corrected chi connectivity index (χ3v) is 4.54. The maximum absolute atomic E-state index is 12.4. The lowest BCUT2D eigenvalue weighted by molar-refractivity contribution is -0.153. The number of nitrogens with one attached hydrogen (secondary N) is 2. The van der Waals surface area contributed by atoms with Crippen molar-refractivity contribution in [2.75, 3.05) is 6.61 Å². The summed E-state index contributed by atoms with van der Waals surface area (Å²) in [5.74, 6) is 0.290. The monoisotopic (exact) mass is 456 g/mol. The average molecular weight is 457 g/mol. The number of alkyl halides is 3. The quantitative estimate of drug-likeness (QED) is 0.513. The van der Waals surface area contributed by atoms with Crippen LogP contribution in [0.15, 0.2) is 48.5 Å². The fourth-order valence-corrected chi connectivity index (χ4v) is 2.88. The normalized spacial score (nSPS) is 11.3. The molecule has 0 fully saturated rings. The van der Waals surface area contributed by atoms with Gasteiger partial charge in [0.05, 0.1) is 0 Å². The van der Waals surface area contributed by atoms with E-state index < -0.39 is 12.8 Å². The number of aromatic amines is 1. The first-order valence-electron chi connectivity index (χ1n) is 8.67. The van der Waals surface area contributed by atoms with E-state index >= 15 is 0 Å². The molecule has 11 heteroatoms. The molecule has 6 nitrogen and oxygen atoms in total. The standard InChI is InChI=1S/C19H16ClF3N4O2S/c20-14-5-3-13(4-6-14)17-25-26-18(30)27(17)10-16(28)24-9-12-1-7-15(8-2-12)29-11-19(21,22)23/h1-8H,9-11H2,(H,24,28)(H,26,30). The topological polar surface area (TPSA) is 71.9 Å². The number of aromatic nitrogens is 3. The molecule has 158 valence electrons. The van der Waals surface area contributed by atoms with Gasteiger partial charge in [-0.15, -0.1) is 0 Å². The minimum Gasteiger partial charge on any atom is -0.484 e. The molecule has 0 radical (unpaired) electrons. The molecule has 0 atom stereocenters. The van der Waals surface area contributed by atoms with Crippen LogP contribution in [0.1, 0.15) is 5.56 Å². The largest absolute Gasteiger partial charge is 0.484 e. The number of benzene rings is 2. The lowest BCUT2D eigenvalue weighted by Crippen LogP contribution is -2.27. The van der Waals surface area contributed by atoms with Crippen LogP contribution in [0.2, 0.25) is 5.02 Å². The summed E-state index contributed by atoms with van der Waals surface area (Å²) in [6.07, 6.45) is -4.40. The second-order valence-electron chi connectivity index (χ2n) is 6.27. The lowest BCUT2D eigenvalue weighted by Gasteiger charge is -2.10. The number of hydrogen-bond donors (Lipinski definition) is 2. The van der Waals surface area contributed by atoms with E-state index in [0.29, 0.717) is 21.2 Å². The Morgan fingerprint density at radius 2 is 1.83 bits per heavy atom. The summed E-state index contributed by atoms with van der Waals surface area (Å²) in [7, 11) is 0. The van der Waals surface area contributed by atoms with Gasteiger partial charge in [-0.2, -0.15) is 18.3 Å². The van der Waals surface area contributed by atoms with E-state index in [1.807, 2.05) is 0 Å². The number of ether oxygens (including phenoxy) is 1. The van der Waals surface area contributed by atoms with Gasteiger partial charge >= 0.3 is 6.18 Å². The van der Waals surface area contributed by atoms with Crippen LogP contribution < -0.4 is 10.1 Å². The van der Waals surface area contributed by atoms with Crippen molar-refractivity contribution in [2.24, 2.45) is 0 Å². The number of amides is 1. The van der Waals surface area contributed by atoms with Gasteiger partial charge < -0.3 is 10.1 Å². The number of H-pyrrole nitrogens is 1. The highest BCUT2D eigenvalue weighted by molar-refractivity contribution is 7.71. The highest BCUT2D eigenvalue weighted by atomic mass is 35.5. The molecule has 0 saturated carbocycles. The second kappa shape index (κ2) is 9.31. The Labute approximate surface area is 179 Å². The van der Waals surface area contributed by atoms with Gasteiger partial charge in [0, 0.05) is 17.1 Å². The van der Waals surface area contributed by atoms with Crippen LogP contribution >= 0.6 is 23.8 Å². The number of carbonyl (C=O) groups excluding carboxylic acids is 1. The van der Waals surface area contributed by atoms with E-state index in [1.165, 1.54) is 12.1 Å². The summed E-state index contributed by atoms with van der Waals surface area (Å²) in [6, 6.07) is 12.9. The van der Waals surface area contributed by atoms with E-state index in [9.17, 15) is 18.0 Å². The maximum atomic E-state index is 12.4. The smallest absolute Gasteiger partial charge is 0.422 e. The van der Waals surface area contributed by atoms with Gasteiger partial charge in [-0.3, -0.25) is 14.5 Å². The minimum atomic E-state index is -4.40. The summed E-state index contributed by atoms with van der Waals surface area (Å²) in [5, 5.41) is 10.1. The van der Waals surface area contributed by atoms with Crippen LogP contribution in [0.3, 0.4) is 0 Å². The van der Waals surface area contributed by atoms with E-state index in [1.54, 1.807) is 41.0 Å². The Bertz CT molecular complexity index is 1060. The van der Waals surface area contributed by atoms with Crippen molar-refractivity contribution in [3.8, 4) is 17.1 Å². The molecule has 2 N–H and O–H groups in total. The molecule has 0 aliphatic carbocycles. The fourth-order valence-electron chi connectivity index (χ4n) is 2.55. The fraction of sp³-hybridized carbons (Fsp3) is 0.211. The van der Waals surface area contributed by atoms with Crippen molar-refractivity contribution >= 4 is 29.7 Å². The Morgan fingerprint density at radius 3 is 2.47 bits per heavy atom. The molecule has 3 rings (SSSR count). The Hall–Kier alpha value is -2.85. The third-order valence-electron chi connectivity index (χ3n) is 3.98. The van der Waals surface area contributed by atoms with Gasteiger partial charge in [0.15, 0.2) is 17.2 Å². The van der Waals surface area contributed by atoms with Crippen LogP contribution in [0.25, 0.3) is 11.4 Å². The molecule has 1 heterocycles. The van der Waals surface area contributed by atoms with Crippen LogP contribution in [0, 0.1) is 4.77 Å². The number of carbonyl (C=O) groups is 1. The Morgan fingerprint density at radius 1 is 1.17 bits per heavy atom. The van der Waals surface area contributed by atoms with Gasteiger partial charge in [0.2, 0.25) is 5.91 Å². The number of hydrogen-bond acceptors (Lipinski definition) is 4. The molecule has 0 aliphatic rings. The molecule has 0 spiro atoms. The summed E-state index contributed by atoms with van der Waals surface area (Å²) < 4.78 is 43.0. The highest BCUT2D eigenvalue weighted by Crippen LogP contribution is 2.20. The van der Waals surface area contributed by atoms with E-state index in [2.05, 4.69) is 20.3 Å². The van der Waals surface area contributed by atoms with Crippen molar-refractivity contribution in [2.45, 2.75) is 19.3 Å². The van der Waals surface area contributed by atoms with Crippen LogP contribution in [0.4, 0.5) is 13.2 Å².